The number of nitrogens with one attached hydrogen (secondary N) is 3. The third-order valence-electron chi connectivity index (χ3n) is 4.27. The number of carbonyl (C=O) groups is 2. The van der Waals surface area contributed by atoms with Gasteiger partial charge in [-0.05, 0) is 24.6 Å². The van der Waals surface area contributed by atoms with E-state index in [0.29, 0.717) is 16.4 Å². The van der Waals surface area contributed by atoms with E-state index in [-0.39, 0.29) is 23.6 Å². The average Bonchev–Trinajstić information content (AvgIpc) is 3.21. The Hall–Kier alpha value is -3.13. The molecule has 0 bridgehead atoms. The fourth-order valence-electron chi connectivity index (χ4n) is 2.71. The van der Waals surface area contributed by atoms with E-state index in [4.69, 9.17) is 0 Å². The third-order valence-corrected chi connectivity index (χ3v) is 5.12. The predicted octanol–water partition coefficient (Wildman–Crippen LogP) is 3.59. The molecule has 1 heterocycles. The van der Waals surface area contributed by atoms with Gasteiger partial charge in [0.05, 0.1) is 23.0 Å². The van der Waals surface area contributed by atoms with Crippen LogP contribution in [0, 0.1) is 0 Å². The number of carbonyl (C=O) groups excluding carboxylic acids is 2. The minimum Gasteiger partial charge on any atom is -0.345 e. The second-order valence-electron chi connectivity index (χ2n) is 6.41. The van der Waals surface area contributed by atoms with E-state index in [1.165, 1.54) is 11.8 Å². The molecule has 0 spiro atoms. The van der Waals surface area contributed by atoms with Crippen LogP contribution < -0.4 is 10.6 Å². The van der Waals surface area contributed by atoms with Crippen molar-refractivity contribution >= 4 is 29.3 Å². The van der Waals surface area contributed by atoms with Crippen LogP contribution in [0.15, 0.2) is 59.8 Å². The van der Waals surface area contributed by atoms with Crippen molar-refractivity contribution in [3.8, 4) is 0 Å². The molecule has 7 nitrogen and oxygen atoms in total. The van der Waals surface area contributed by atoms with Gasteiger partial charge in [-0.15, -0.1) is 5.10 Å². The van der Waals surface area contributed by atoms with E-state index < -0.39 is 0 Å². The molecule has 1 unspecified atom stereocenters. The summed E-state index contributed by atoms with van der Waals surface area (Å²) < 4.78 is 0. The van der Waals surface area contributed by atoms with Crippen molar-refractivity contribution in [2.75, 3.05) is 11.1 Å². The highest BCUT2D eigenvalue weighted by molar-refractivity contribution is 7.99. The normalized spacial score (nSPS) is 11.7. The maximum absolute atomic E-state index is 12.8. The van der Waals surface area contributed by atoms with Gasteiger partial charge in [-0.2, -0.15) is 0 Å². The van der Waals surface area contributed by atoms with Gasteiger partial charge in [0, 0.05) is 6.42 Å². The molecular weight excluding hydrogens is 386 g/mol. The molecule has 2 aromatic carbocycles. The maximum atomic E-state index is 12.8. The number of nitrogens with zero attached hydrogens (tertiary/aromatic N) is 2. The first-order valence-electron chi connectivity index (χ1n) is 9.35. The van der Waals surface area contributed by atoms with Crippen LogP contribution in [0.2, 0.25) is 0 Å². The molecule has 2 amide bonds. The number of amides is 2. The topological polar surface area (TPSA) is 99.8 Å². The number of thioether (sulfide) groups is 1. The first-order valence-corrected chi connectivity index (χ1v) is 10.3. The number of para-hydroxylation sites is 1. The lowest BCUT2D eigenvalue weighted by atomic mass is 10.1. The molecule has 0 saturated heterocycles. The van der Waals surface area contributed by atoms with E-state index in [1.54, 1.807) is 24.3 Å². The van der Waals surface area contributed by atoms with Gasteiger partial charge in [-0.1, -0.05) is 61.2 Å². The van der Waals surface area contributed by atoms with Crippen LogP contribution in [0.25, 0.3) is 0 Å². The molecule has 0 fully saturated rings. The van der Waals surface area contributed by atoms with Gasteiger partial charge in [0.25, 0.3) is 5.91 Å². The van der Waals surface area contributed by atoms with Crippen molar-refractivity contribution < 1.29 is 9.59 Å². The second-order valence-corrected chi connectivity index (χ2v) is 7.35. The number of rotatable bonds is 8. The monoisotopic (exact) mass is 409 g/mol. The molecule has 8 heteroatoms. The molecule has 0 aliphatic carbocycles. The molecule has 3 rings (SSSR count). The van der Waals surface area contributed by atoms with Crippen molar-refractivity contribution in [2.24, 2.45) is 0 Å². The van der Waals surface area contributed by atoms with Crippen LogP contribution in [0.3, 0.4) is 0 Å². The van der Waals surface area contributed by atoms with Crippen LogP contribution in [0.5, 0.6) is 0 Å². The first-order chi connectivity index (χ1) is 14.1. The zero-order chi connectivity index (χ0) is 20.6. The molecule has 1 aromatic heterocycles. The lowest BCUT2D eigenvalue weighted by Gasteiger charge is -2.16. The van der Waals surface area contributed by atoms with Crippen LogP contribution in [-0.2, 0) is 11.2 Å². The third kappa shape index (κ3) is 5.68. The number of hydrogen-bond donors (Lipinski definition) is 3. The Kier molecular flexibility index (Phi) is 7.02. The number of H-pyrrole nitrogens is 1. The number of aryl methyl sites for hydroxylation is 1. The number of aromatic amines is 1. The summed E-state index contributed by atoms with van der Waals surface area (Å²) in [5.74, 6) is 0.459. The van der Waals surface area contributed by atoms with Gasteiger partial charge in [0.1, 0.15) is 5.82 Å². The molecule has 0 aliphatic heterocycles. The number of hydrogen-bond acceptors (Lipinski definition) is 5. The van der Waals surface area contributed by atoms with E-state index in [1.807, 2.05) is 44.2 Å². The quantitative estimate of drug-likeness (QED) is 0.494. The van der Waals surface area contributed by atoms with Crippen molar-refractivity contribution in [1.29, 1.82) is 0 Å². The van der Waals surface area contributed by atoms with Crippen molar-refractivity contribution in [2.45, 2.75) is 31.5 Å². The summed E-state index contributed by atoms with van der Waals surface area (Å²) >= 11 is 1.24. The summed E-state index contributed by atoms with van der Waals surface area (Å²) in [6.07, 6.45) is 0.754. The predicted molar refractivity (Wildman–Crippen MR) is 114 cm³/mol. The van der Waals surface area contributed by atoms with Crippen LogP contribution >= 0.6 is 11.8 Å². The smallest absolute Gasteiger partial charge is 0.253 e. The van der Waals surface area contributed by atoms with Crippen molar-refractivity contribution in [3.63, 3.8) is 0 Å². The summed E-state index contributed by atoms with van der Waals surface area (Å²) in [7, 11) is 0. The van der Waals surface area contributed by atoms with E-state index in [2.05, 4.69) is 25.8 Å². The highest BCUT2D eigenvalue weighted by atomic mass is 32.2. The zero-order valence-electron chi connectivity index (χ0n) is 16.3. The minimum absolute atomic E-state index is 0.150. The summed E-state index contributed by atoms with van der Waals surface area (Å²) in [5, 5.41) is 13.2. The lowest BCUT2D eigenvalue weighted by molar-refractivity contribution is -0.113. The van der Waals surface area contributed by atoms with Crippen LogP contribution in [-0.4, -0.2) is 32.7 Å². The Labute approximate surface area is 173 Å². The van der Waals surface area contributed by atoms with E-state index in [9.17, 15) is 9.59 Å². The zero-order valence-corrected chi connectivity index (χ0v) is 17.1. The van der Waals surface area contributed by atoms with Crippen LogP contribution in [0.1, 0.15) is 41.6 Å². The Morgan fingerprint density at radius 1 is 1.10 bits per heavy atom. The minimum atomic E-state index is -0.244. The Morgan fingerprint density at radius 2 is 1.83 bits per heavy atom. The SMILES string of the molecule is CCc1nc(SCC(=O)Nc2ccccc2C(=O)NC(C)c2ccccc2)n[nH]1. The van der Waals surface area contributed by atoms with Crippen molar-refractivity contribution in [3.05, 3.63) is 71.5 Å². The fourth-order valence-corrected chi connectivity index (χ4v) is 3.32. The molecule has 1 atom stereocenters. The van der Waals surface area contributed by atoms with Crippen molar-refractivity contribution in [1.82, 2.24) is 20.5 Å². The number of benzene rings is 2. The molecule has 3 N–H and O–H groups in total. The number of anilines is 1. The summed E-state index contributed by atoms with van der Waals surface area (Å²) in [4.78, 5) is 29.4. The van der Waals surface area contributed by atoms with Gasteiger partial charge in [-0.3, -0.25) is 14.7 Å². The Morgan fingerprint density at radius 3 is 2.55 bits per heavy atom. The summed E-state index contributed by atoms with van der Waals surface area (Å²) in [5.41, 5.74) is 1.90. The van der Waals surface area contributed by atoms with Gasteiger partial charge in [0.15, 0.2) is 0 Å². The molecule has 150 valence electrons. The fraction of sp³-hybridized carbons (Fsp3) is 0.238. The van der Waals surface area contributed by atoms with Gasteiger partial charge in [-0.25, -0.2) is 4.98 Å². The standard InChI is InChI=1S/C21H23N5O2S/c1-3-18-24-21(26-25-18)29-13-19(27)23-17-12-8-7-11-16(17)20(28)22-14(2)15-9-5-4-6-10-15/h4-12,14H,3,13H2,1-2H3,(H,22,28)(H,23,27)(H,24,25,26). The first kappa shape index (κ1) is 20.6. The summed E-state index contributed by atoms with van der Waals surface area (Å²) in [6, 6.07) is 16.5. The van der Waals surface area contributed by atoms with Gasteiger partial charge in [0.2, 0.25) is 11.1 Å². The Bertz CT molecular complexity index is 974. The molecule has 29 heavy (non-hydrogen) atoms. The lowest BCUT2D eigenvalue weighted by Crippen LogP contribution is -2.28. The van der Waals surface area contributed by atoms with E-state index >= 15 is 0 Å². The van der Waals surface area contributed by atoms with E-state index in [0.717, 1.165) is 17.8 Å². The van der Waals surface area contributed by atoms with Crippen LogP contribution in [0.4, 0.5) is 5.69 Å². The number of aromatic nitrogens is 3. The molecule has 0 aliphatic rings. The Balaban J connectivity index is 1.61. The largest absolute Gasteiger partial charge is 0.345 e. The maximum Gasteiger partial charge on any atom is 0.253 e. The molecule has 0 radical (unpaired) electrons. The average molecular weight is 410 g/mol. The van der Waals surface area contributed by atoms with Gasteiger partial charge < -0.3 is 10.6 Å². The second kappa shape index (κ2) is 9.88. The molecule has 3 aromatic rings. The summed E-state index contributed by atoms with van der Waals surface area (Å²) in [6.45, 7) is 3.90. The highest BCUT2D eigenvalue weighted by Crippen LogP contribution is 2.19. The molecular formula is C21H23N5O2S. The highest BCUT2D eigenvalue weighted by Gasteiger charge is 2.16. The van der Waals surface area contributed by atoms with Gasteiger partial charge >= 0.3 is 0 Å². The molecule has 0 saturated carbocycles.